The lowest BCUT2D eigenvalue weighted by Gasteiger charge is -2.22. The fourth-order valence-corrected chi connectivity index (χ4v) is 3.84. The van der Waals surface area contributed by atoms with Crippen molar-refractivity contribution in [1.29, 1.82) is 0 Å². The highest BCUT2D eigenvalue weighted by atomic mass is 16.6. The van der Waals surface area contributed by atoms with Crippen LogP contribution in [0.1, 0.15) is 6.92 Å². The van der Waals surface area contributed by atoms with Crippen molar-refractivity contribution < 1.29 is 28.8 Å². The van der Waals surface area contributed by atoms with Gasteiger partial charge in [0.1, 0.15) is 5.75 Å². The summed E-state index contributed by atoms with van der Waals surface area (Å²) < 4.78 is 10.6. The van der Waals surface area contributed by atoms with Gasteiger partial charge in [-0.25, -0.2) is 4.79 Å². The molecule has 1 N–H and O–H groups in total. The smallest absolute Gasteiger partial charge is 0.410 e. The number of non-ortho nitro benzene ring substituents is 1. The van der Waals surface area contributed by atoms with Gasteiger partial charge in [0.2, 0.25) is 11.8 Å². The highest BCUT2D eigenvalue weighted by Crippen LogP contribution is 2.45. The van der Waals surface area contributed by atoms with Crippen LogP contribution in [0.15, 0.2) is 36.4 Å². The van der Waals surface area contributed by atoms with Crippen molar-refractivity contribution in [2.45, 2.75) is 25.2 Å². The number of rotatable bonds is 5. The molecule has 0 saturated carbocycles. The van der Waals surface area contributed by atoms with Crippen molar-refractivity contribution in [1.82, 2.24) is 10.2 Å². The maximum absolute atomic E-state index is 12.6. The van der Waals surface area contributed by atoms with Crippen LogP contribution < -0.4 is 10.1 Å². The number of amides is 3. The Labute approximate surface area is 159 Å². The number of nitrogens with zero attached hydrogens (tertiary/aromatic N) is 2. The molecule has 10 nitrogen and oxygen atoms in total. The number of imide groups is 1. The largest absolute Gasteiger partial charge is 0.412 e. The molecular weight excluding hydrogens is 370 g/mol. The van der Waals surface area contributed by atoms with Crippen molar-refractivity contribution in [2.75, 3.05) is 6.54 Å². The van der Waals surface area contributed by atoms with Crippen LogP contribution in [0.4, 0.5) is 10.5 Å². The van der Waals surface area contributed by atoms with E-state index in [0.29, 0.717) is 0 Å². The maximum atomic E-state index is 12.6. The Morgan fingerprint density at radius 1 is 1.21 bits per heavy atom. The van der Waals surface area contributed by atoms with E-state index in [1.54, 1.807) is 6.92 Å². The summed E-state index contributed by atoms with van der Waals surface area (Å²) in [6.45, 7) is 1.68. The van der Waals surface area contributed by atoms with Crippen LogP contribution in [0.5, 0.6) is 5.75 Å². The molecule has 4 unspecified atom stereocenters. The molecule has 2 saturated heterocycles. The number of carbonyl (C=O) groups excluding carboxylic acids is 3. The molecule has 1 aromatic rings. The van der Waals surface area contributed by atoms with E-state index < -0.39 is 28.9 Å². The first-order valence-electron chi connectivity index (χ1n) is 8.77. The quantitative estimate of drug-likeness (QED) is 0.346. The molecule has 3 aliphatic rings. The zero-order chi connectivity index (χ0) is 20.0. The van der Waals surface area contributed by atoms with Gasteiger partial charge < -0.3 is 14.8 Å². The number of benzene rings is 1. The number of nitro groups is 1. The number of fused-ring (bicyclic) bond motifs is 5. The molecule has 4 rings (SSSR count). The summed E-state index contributed by atoms with van der Waals surface area (Å²) in [5.41, 5.74) is -0.120. The SMILES string of the molecule is C[C@@H](CN1C(=O)C2C3C=CC(O3)C2C1=O)NC(=O)Oc1ccc([N+](=O)[O-])cc1. The minimum absolute atomic E-state index is 0.0273. The number of ether oxygens (including phenoxy) is 2. The molecule has 0 aromatic heterocycles. The molecule has 3 heterocycles. The molecule has 3 aliphatic heterocycles. The Kier molecular flexibility index (Phi) is 4.34. The van der Waals surface area contributed by atoms with Gasteiger partial charge in [0.15, 0.2) is 0 Å². The number of nitro benzene ring substituents is 1. The molecule has 3 amide bonds. The Balaban J connectivity index is 1.32. The third-order valence-electron chi connectivity index (χ3n) is 5.08. The van der Waals surface area contributed by atoms with Gasteiger partial charge in [-0.2, -0.15) is 0 Å². The zero-order valence-electron chi connectivity index (χ0n) is 14.8. The molecule has 1 aromatic carbocycles. The van der Waals surface area contributed by atoms with E-state index in [2.05, 4.69) is 5.32 Å². The lowest BCUT2D eigenvalue weighted by Crippen LogP contribution is -2.46. The monoisotopic (exact) mass is 387 g/mol. The second-order valence-corrected chi connectivity index (χ2v) is 6.97. The number of likely N-dealkylation sites (tertiary alicyclic amines) is 1. The van der Waals surface area contributed by atoms with E-state index in [-0.39, 0.29) is 42.0 Å². The minimum atomic E-state index is -0.786. The number of nitrogens with one attached hydrogen (secondary N) is 1. The molecule has 5 atom stereocenters. The van der Waals surface area contributed by atoms with Crippen LogP contribution >= 0.6 is 0 Å². The van der Waals surface area contributed by atoms with E-state index in [4.69, 9.17) is 9.47 Å². The zero-order valence-corrected chi connectivity index (χ0v) is 14.8. The predicted octanol–water partition coefficient (Wildman–Crippen LogP) is 1.01. The van der Waals surface area contributed by atoms with E-state index in [0.717, 1.165) is 0 Å². The summed E-state index contributed by atoms with van der Waals surface area (Å²) in [6.07, 6.45) is 2.12. The summed E-state index contributed by atoms with van der Waals surface area (Å²) in [5.74, 6) is -1.41. The Morgan fingerprint density at radius 3 is 2.32 bits per heavy atom. The van der Waals surface area contributed by atoms with Crippen molar-refractivity contribution in [3.63, 3.8) is 0 Å². The lowest BCUT2D eigenvalue weighted by atomic mass is 9.85. The van der Waals surface area contributed by atoms with Crippen LogP contribution in [0.2, 0.25) is 0 Å². The Hall–Kier alpha value is -3.27. The summed E-state index contributed by atoms with van der Waals surface area (Å²) in [4.78, 5) is 48.4. The molecule has 2 bridgehead atoms. The van der Waals surface area contributed by atoms with Gasteiger partial charge in [-0.15, -0.1) is 0 Å². The fourth-order valence-electron chi connectivity index (χ4n) is 3.84. The fraction of sp³-hybridized carbons (Fsp3) is 0.389. The molecule has 28 heavy (non-hydrogen) atoms. The molecule has 0 radical (unpaired) electrons. The second-order valence-electron chi connectivity index (χ2n) is 6.97. The van der Waals surface area contributed by atoms with Gasteiger partial charge in [-0.05, 0) is 19.1 Å². The van der Waals surface area contributed by atoms with Crippen LogP contribution in [-0.4, -0.2) is 52.5 Å². The molecule has 10 heteroatoms. The van der Waals surface area contributed by atoms with Crippen LogP contribution in [-0.2, 0) is 14.3 Å². The van der Waals surface area contributed by atoms with Gasteiger partial charge in [-0.3, -0.25) is 24.6 Å². The second kappa shape index (κ2) is 6.71. The average molecular weight is 387 g/mol. The first-order chi connectivity index (χ1) is 13.3. The van der Waals surface area contributed by atoms with Gasteiger partial charge in [0.25, 0.3) is 5.69 Å². The van der Waals surface area contributed by atoms with Crippen LogP contribution in [0.3, 0.4) is 0 Å². The minimum Gasteiger partial charge on any atom is -0.410 e. The standard InChI is InChI=1S/C18H17N3O7/c1-9(19-18(24)27-11-4-2-10(3-5-11)21(25)26)8-20-16(22)14-12-6-7-13(28-12)15(14)17(20)23/h2-7,9,12-15H,8H2,1H3,(H,19,24)/t9-,12?,13?,14?,15?/m0/s1. The predicted molar refractivity (Wildman–Crippen MR) is 93.2 cm³/mol. The topological polar surface area (TPSA) is 128 Å². The van der Waals surface area contributed by atoms with E-state index in [1.165, 1.54) is 29.2 Å². The highest BCUT2D eigenvalue weighted by Gasteiger charge is 2.60. The van der Waals surface area contributed by atoms with Crippen molar-refractivity contribution in [2.24, 2.45) is 11.8 Å². The van der Waals surface area contributed by atoms with Crippen molar-refractivity contribution >= 4 is 23.6 Å². The van der Waals surface area contributed by atoms with E-state index in [1.807, 2.05) is 12.2 Å². The normalized spacial score (nSPS) is 28.4. The third kappa shape index (κ3) is 3.01. The number of hydrogen-bond donors (Lipinski definition) is 1. The lowest BCUT2D eigenvalue weighted by molar-refractivity contribution is -0.384. The first-order valence-corrected chi connectivity index (χ1v) is 8.77. The average Bonchev–Trinajstić information content (AvgIpc) is 3.32. The third-order valence-corrected chi connectivity index (χ3v) is 5.08. The number of carbonyl (C=O) groups is 3. The van der Waals surface area contributed by atoms with Crippen molar-refractivity contribution in [3.8, 4) is 5.75 Å². The summed E-state index contributed by atoms with van der Waals surface area (Å²) >= 11 is 0. The molecule has 146 valence electrons. The molecule has 0 spiro atoms. The van der Waals surface area contributed by atoms with Crippen LogP contribution in [0, 0.1) is 22.0 Å². The Bertz CT molecular complexity index is 852. The van der Waals surface area contributed by atoms with Gasteiger partial charge in [0, 0.05) is 24.7 Å². The first kappa shape index (κ1) is 18.1. The van der Waals surface area contributed by atoms with E-state index in [9.17, 15) is 24.5 Å². The van der Waals surface area contributed by atoms with E-state index >= 15 is 0 Å². The Morgan fingerprint density at radius 2 is 1.79 bits per heavy atom. The summed E-state index contributed by atoms with van der Waals surface area (Å²) in [6, 6.07) is 4.51. The van der Waals surface area contributed by atoms with Gasteiger partial charge in [0.05, 0.1) is 29.0 Å². The van der Waals surface area contributed by atoms with Gasteiger partial charge in [-0.1, -0.05) is 12.2 Å². The van der Waals surface area contributed by atoms with Crippen molar-refractivity contribution in [3.05, 3.63) is 46.5 Å². The molecule has 2 fully saturated rings. The summed E-state index contributed by atoms with van der Waals surface area (Å²) in [5, 5.41) is 13.2. The molecule has 0 aliphatic carbocycles. The van der Waals surface area contributed by atoms with Gasteiger partial charge >= 0.3 is 6.09 Å². The molecular formula is C18H17N3O7. The van der Waals surface area contributed by atoms with Crippen LogP contribution in [0.25, 0.3) is 0 Å². The maximum Gasteiger partial charge on any atom is 0.412 e. The number of hydrogen-bond acceptors (Lipinski definition) is 7. The highest BCUT2D eigenvalue weighted by molar-refractivity contribution is 6.06. The summed E-state index contributed by atoms with van der Waals surface area (Å²) in [7, 11) is 0.